The summed E-state index contributed by atoms with van der Waals surface area (Å²) in [7, 11) is 0. The molecule has 0 N–H and O–H groups in total. The van der Waals surface area contributed by atoms with E-state index in [1.165, 1.54) is 0 Å². The van der Waals surface area contributed by atoms with Crippen molar-refractivity contribution < 1.29 is 28.5 Å². The van der Waals surface area contributed by atoms with Crippen molar-refractivity contribution >= 4 is 5.97 Å². The molecule has 0 amide bonds. The highest BCUT2D eigenvalue weighted by molar-refractivity contribution is 5.91. The van der Waals surface area contributed by atoms with E-state index in [4.69, 9.17) is 23.7 Å². The van der Waals surface area contributed by atoms with Crippen LogP contribution in [0.3, 0.4) is 0 Å². The first kappa shape index (κ1) is 21.9. The van der Waals surface area contributed by atoms with E-state index in [-0.39, 0.29) is 12.2 Å². The van der Waals surface area contributed by atoms with Crippen LogP contribution in [0.1, 0.15) is 36.1 Å². The van der Waals surface area contributed by atoms with E-state index in [1.807, 2.05) is 50.2 Å². The van der Waals surface area contributed by atoms with Gasteiger partial charge in [-0.1, -0.05) is 48.5 Å². The molecule has 0 spiro atoms. The van der Waals surface area contributed by atoms with Crippen LogP contribution in [0.4, 0.5) is 0 Å². The minimum atomic E-state index is -0.450. The standard InChI is InChI=1S/C26H26O6/c1-18(2)30-24-15-21(13-14-23(24)32-25(27)19-9-5-3-6-10-19)31-22-16-28-26(29-17-22)20-11-7-4-8-12-20/h3-15,18,22,26H,16-17H2,1-2H3. The van der Waals surface area contributed by atoms with Gasteiger partial charge in [-0.15, -0.1) is 0 Å². The van der Waals surface area contributed by atoms with Crippen molar-refractivity contribution in [3.05, 3.63) is 90.0 Å². The maximum Gasteiger partial charge on any atom is 0.343 e. The molecule has 0 aliphatic carbocycles. The van der Waals surface area contributed by atoms with Gasteiger partial charge in [-0.2, -0.15) is 0 Å². The van der Waals surface area contributed by atoms with E-state index in [9.17, 15) is 4.79 Å². The van der Waals surface area contributed by atoms with Crippen molar-refractivity contribution in [3.63, 3.8) is 0 Å². The second-order valence-electron chi connectivity index (χ2n) is 7.68. The topological polar surface area (TPSA) is 63.2 Å². The van der Waals surface area contributed by atoms with E-state index in [2.05, 4.69) is 0 Å². The van der Waals surface area contributed by atoms with Gasteiger partial charge in [0, 0.05) is 11.6 Å². The molecule has 32 heavy (non-hydrogen) atoms. The zero-order valence-electron chi connectivity index (χ0n) is 18.1. The molecule has 1 fully saturated rings. The van der Waals surface area contributed by atoms with Gasteiger partial charge in [-0.25, -0.2) is 4.79 Å². The molecule has 1 saturated heterocycles. The number of rotatable bonds is 7. The number of esters is 1. The van der Waals surface area contributed by atoms with E-state index in [0.29, 0.717) is 36.0 Å². The minimum Gasteiger partial charge on any atom is -0.487 e. The van der Waals surface area contributed by atoms with Crippen molar-refractivity contribution in [2.24, 2.45) is 0 Å². The smallest absolute Gasteiger partial charge is 0.343 e. The van der Waals surface area contributed by atoms with Gasteiger partial charge in [0.05, 0.1) is 24.9 Å². The highest BCUT2D eigenvalue weighted by atomic mass is 16.7. The SMILES string of the molecule is CC(C)Oc1cc(OC2COC(c3ccccc3)OC2)ccc1OC(=O)c1ccccc1. The van der Waals surface area contributed by atoms with Crippen LogP contribution in [0.2, 0.25) is 0 Å². The van der Waals surface area contributed by atoms with Gasteiger partial charge < -0.3 is 23.7 Å². The van der Waals surface area contributed by atoms with Crippen molar-refractivity contribution in [2.75, 3.05) is 13.2 Å². The maximum absolute atomic E-state index is 12.5. The Kier molecular flexibility index (Phi) is 7.04. The lowest BCUT2D eigenvalue weighted by Gasteiger charge is -2.30. The normalized spacial score (nSPS) is 18.2. The molecule has 6 heteroatoms. The van der Waals surface area contributed by atoms with E-state index in [0.717, 1.165) is 5.56 Å². The fourth-order valence-corrected chi connectivity index (χ4v) is 3.27. The predicted molar refractivity (Wildman–Crippen MR) is 119 cm³/mol. The van der Waals surface area contributed by atoms with Crippen LogP contribution in [0.5, 0.6) is 17.2 Å². The first-order valence-corrected chi connectivity index (χ1v) is 10.6. The Hall–Kier alpha value is -3.35. The number of hydrogen-bond donors (Lipinski definition) is 0. The second-order valence-corrected chi connectivity index (χ2v) is 7.68. The lowest BCUT2D eigenvalue weighted by Crippen LogP contribution is -2.35. The fraction of sp³-hybridized carbons (Fsp3) is 0.269. The third kappa shape index (κ3) is 5.66. The molecule has 0 unspecified atom stereocenters. The fourth-order valence-electron chi connectivity index (χ4n) is 3.27. The van der Waals surface area contributed by atoms with Gasteiger partial charge in [0.2, 0.25) is 0 Å². The molecule has 0 aromatic heterocycles. The molecular formula is C26H26O6. The summed E-state index contributed by atoms with van der Waals surface area (Å²) in [5.41, 5.74) is 1.44. The highest BCUT2D eigenvalue weighted by Gasteiger charge is 2.25. The van der Waals surface area contributed by atoms with Crippen molar-refractivity contribution in [2.45, 2.75) is 32.3 Å². The molecule has 0 radical (unpaired) electrons. The van der Waals surface area contributed by atoms with Crippen LogP contribution in [0.25, 0.3) is 0 Å². The molecule has 1 heterocycles. The molecule has 1 aliphatic heterocycles. The average molecular weight is 434 g/mol. The lowest BCUT2D eigenvalue weighted by atomic mass is 10.2. The van der Waals surface area contributed by atoms with Crippen LogP contribution in [-0.4, -0.2) is 31.4 Å². The minimum absolute atomic E-state index is 0.104. The number of benzene rings is 3. The molecule has 6 nitrogen and oxygen atoms in total. The van der Waals surface area contributed by atoms with Crippen molar-refractivity contribution in [1.82, 2.24) is 0 Å². The Balaban J connectivity index is 1.41. The third-order valence-electron chi connectivity index (χ3n) is 4.73. The maximum atomic E-state index is 12.5. The summed E-state index contributed by atoms with van der Waals surface area (Å²) >= 11 is 0. The van der Waals surface area contributed by atoms with Crippen LogP contribution >= 0.6 is 0 Å². The summed E-state index contributed by atoms with van der Waals surface area (Å²) in [5.74, 6) is 0.895. The van der Waals surface area contributed by atoms with Gasteiger partial charge in [-0.3, -0.25) is 0 Å². The Morgan fingerprint density at radius 2 is 1.53 bits per heavy atom. The van der Waals surface area contributed by atoms with Crippen molar-refractivity contribution in [1.29, 1.82) is 0 Å². The summed E-state index contributed by atoms with van der Waals surface area (Å²) in [6, 6.07) is 23.8. The molecule has 0 saturated carbocycles. The molecule has 1 aliphatic rings. The summed E-state index contributed by atoms with van der Waals surface area (Å²) < 4.78 is 29.1. The predicted octanol–water partition coefficient (Wildman–Crippen LogP) is 5.19. The number of ether oxygens (including phenoxy) is 5. The van der Waals surface area contributed by atoms with E-state index >= 15 is 0 Å². The largest absolute Gasteiger partial charge is 0.487 e. The Labute approximate surface area is 187 Å². The first-order chi connectivity index (χ1) is 15.6. The molecule has 3 aromatic rings. The highest BCUT2D eigenvalue weighted by Crippen LogP contribution is 2.34. The zero-order valence-corrected chi connectivity index (χ0v) is 18.1. The van der Waals surface area contributed by atoms with Crippen LogP contribution < -0.4 is 14.2 Å². The summed E-state index contributed by atoms with van der Waals surface area (Å²) in [6.45, 7) is 4.60. The average Bonchev–Trinajstić information content (AvgIpc) is 2.82. The first-order valence-electron chi connectivity index (χ1n) is 10.6. The van der Waals surface area contributed by atoms with Gasteiger partial charge >= 0.3 is 5.97 Å². The Morgan fingerprint density at radius 3 is 2.19 bits per heavy atom. The zero-order chi connectivity index (χ0) is 22.3. The monoisotopic (exact) mass is 434 g/mol. The summed E-state index contributed by atoms with van der Waals surface area (Å²) in [4.78, 5) is 12.5. The number of carbonyl (C=O) groups is 1. The molecule has 0 atom stereocenters. The van der Waals surface area contributed by atoms with Crippen molar-refractivity contribution in [3.8, 4) is 17.2 Å². The van der Waals surface area contributed by atoms with E-state index < -0.39 is 12.3 Å². The Bertz CT molecular complexity index is 1010. The van der Waals surface area contributed by atoms with Crippen LogP contribution in [0, 0.1) is 0 Å². The molecule has 3 aromatic carbocycles. The molecular weight excluding hydrogens is 408 g/mol. The van der Waals surface area contributed by atoms with Crippen LogP contribution in [0.15, 0.2) is 78.9 Å². The van der Waals surface area contributed by atoms with E-state index in [1.54, 1.807) is 42.5 Å². The van der Waals surface area contributed by atoms with Crippen LogP contribution in [-0.2, 0) is 9.47 Å². The Morgan fingerprint density at radius 1 is 0.875 bits per heavy atom. The molecule has 166 valence electrons. The lowest BCUT2D eigenvalue weighted by molar-refractivity contribution is -0.215. The van der Waals surface area contributed by atoms with Gasteiger partial charge in [-0.05, 0) is 38.1 Å². The van der Waals surface area contributed by atoms with Gasteiger partial charge in [0.1, 0.15) is 11.9 Å². The quantitative estimate of drug-likeness (QED) is 0.377. The summed E-state index contributed by atoms with van der Waals surface area (Å²) in [6.07, 6.45) is -0.761. The third-order valence-corrected chi connectivity index (χ3v) is 4.73. The number of carbonyl (C=O) groups excluding carboxylic acids is 1. The molecule has 0 bridgehead atoms. The second kappa shape index (κ2) is 10.3. The molecule has 4 rings (SSSR count). The number of hydrogen-bond acceptors (Lipinski definition) is 6. The summed E-state index contributed by atoms with van der Waals surface area (Å²) in [5, 5.41) is 0. The van der Waals surface area contributed by atoms with Gasteiger partial charge in [0.25, 0.3) is 0 Å². The van der Waals surface area contributed by atoms with Gasteiger partial charge in [0.15, 0.2) is 17.8 Å².